The predicted octanol–water partition coefficient (Wildman–Crippen LogP) is 0.753. The SMILES string of the molecule is C=CC(=O)NC(C)(C)CS(=O)(=O)N(CCCN(C)C)C(=O)C(=C)C. The zero-order valence-corrected chi connectivity index (χ0v) is 16.1. The van der Waals surface area contributed by atoms with Crippen LogP contribution in [-0.2, 0) is 19.6 Å². The number of hydrogen-bond donors (Lipinski definition) is 1. The van der Waals surface area contributed by atoms with Crippen molar-refractivity contribution in [1.29, 1.82) is 0 Å². The first-order valence-corrected chi connectivity index (χ1v) is 9.23. The van der Waals surface area contributed by atoms with Crippen LogP contribution in [0.3, 0.4) is 0 Å². The lowest BCUT2D eigenvalue weighted by atomic mass is 10.1. The Morgan fingerprint density at radius 2 is 1.75 bits per heavy atom. The van der Waals surface area contributed by atoms with E-state index in [0.29, 0.717) is 13.0 Å². The third-order valence-corrected chi connectivity index (χ3v) is 5.19. The number of nitrogens with zero attached hydrogens (tertiary/aromatic N) is 2. The van der Waals surface area contributed by atoms with E-state index < -0.39 is 33.1 Å². The Labute approximate surface area is 145 Å². The zero-order valence-electron chi connectivity index (χ0n) is 15.3. The summed E-state index contributed by atoms with van der Waals surface area (Å²) in [6.07, 6.45) is 1.58. The topological polar surface area (TPSA) is 86.8 Å². The Hall–Kier alpha value is -1.67. The van der Waals surface area contributed by atoms with Gasteiger partial charge in [-0.1, -0.05) is 13.2 Å². The molecular formula is C16H29N3O4S. The van der Waals surface area contributed by atoms with E-state index >= 15 is 0 Å². The van der Waals surface area contributed by atoms with E-state index in [2.05, 4.69) is 18.5 Å². The zero-order chi connectivity index (χ0) is 19.1. The van der Waals surface area contributed by atoms with Gasteiger partial charge in [-0.15, -0.1) is 0 Å². The van der Waals surface area contributed by atoms with E-state index in [9.17, 15) is 18.0 Å². The molecule has 0 saturated heterocycles. The second kappa shape index (κ2) is 8.98. The molecule has 0 aliphatic carbocycles. The van der Waals surface area contributed by atoms with Crippen molar-refractivity contribution in [2.24, 2.45) is 0 Å². The van der Waals surface area contributed by atoms with Crippen molar-refractivity contribution in [2.45, 2.75) is 32.7 Å². The Morgan fingerprint density at radius 1 is 1.21 bits per heavy atom. The van der Waals surface area contributed by atoms with Gasteiger partial charge >= 0.3 is 0 Å². The summed E-state index contributed by atoms with van der Waals surface area (Å²) in [5.41, 5.74) is -0.893. The molecule has 0 aromatic rings. The second-order valence-corrected chi connectivity index (χ2v) is 8.54. The predicted molar refractivity (Wildman–Crippen MR) is 95.9 cm³/mol. The lowest BCUT2D eigenvalue weighted by Crippen LogP contribution is -2.52. The number of nitrogens with one attached hydrogen (secondary N) is 1. The summed E-state index contributed by atoms with van der Waals surface area (Å²) in [6.45, 7) is 12.2. The summed E-state index contributed by atoms with van der Waals surface area (Å²) in [7, 11) is -0.184. The van der Waals surface area contributed by atoms with Gasteiger partial charge in [-0.2, -0.15) is 0 Å². The maximum absolute atomic E-state index is 12.7. The molecule has 0 aromatic carbocycles. The molecule has 24 heavy (non-hydrogen) atoms. The number of amides is 2. The molecular weight excluding hydrogens is 330 g/mol. The fourth-order valence-corrected chi connectivity index (χ4v) is 4.02. The molecule has 0 radical (unpaired) electrons. The first-order valence-electron chi connectivity index (χ1n) is 7.62. The van der Waals surface area contributed by atoms with Gasteiger partial charge in [0.05, 0.1) is 11.3 Å². The van der Waals surface area contributed by atoms with Crippen molar-refractivity contribution in [3.63, 3.8) is 0 Å². The minimum atomic E-state index is -3.92. The molecule has 0 aromatic heterocycles. The summed E-state index contributed by atoms with van der Waals surface area (Å²) in [6, 6.07) is 0. The summed E-state index contributed by atoms with van der Waals surface area (Å²) in [5.74, 6) is -1.50. The standard InChI is InChI=1S/C16H29N3O4S/c1-8-14(20)17-16(4,5)12-24(22,23)19(15(21)13(2)3)11-9-10-18(6)7/h8H,1-2,9-12H2,3-7H3,(H,17,20). The molecule has 7 nitrogen and oxygen atoms in total. The Morgan fingerprint density at radius 3 is 2.17 bits per heavy atom. The van der Waals surface area contributed by atoms with Gasteiger partial charge < -0.3 is 10.2 Å². The van der Waals surface area contributed by atoms with Gasteiger partial charge in [-0.05, 0) is 53.9 Å². The van der Waals surface area contributed by atoms with Gasteiger partial charge in [0.1, 0.15) is 0 Å². The average molecular weight is 359 g/mol. The van der Waals surface area contributed by atoms with Crippen LogP contribution in [0.15, 0.2) is 24.8 Å². The molecule has 138 valence electrons. The number of carbonyl (C=O) groups excluding carboxylic acids is 2. The molecule has 0 unspecified atom stereocenters. The van der Waals surface area contributed by atoms with Crippen LogP contribution in [-0.4, -0.2) is 67.9 Å². The third kappa shape index (κ3) is 7.74. The van der Waals surface area contributed by atoms with Crippen molar-refractivity contribution in [2.75, 3.05) is 32.9 Å². The highest BCUT2D eigenvalue weighted by molar-refractivity contribution is 7.89. The number of carbonyl (C=O) groups is 2. The monoisotopic (exact) mass is 359 g/mol. The fourth-order valence-electron chi connectivity index (χ4n) is 2.06. The fraction of sp³-hybridized carbons (Fsp3) is 0.625. The van der Waals surface area contributed by atoms with Crippen LogP contribution in [0.1, 0.15) is 27.2 Å². The molecule has 0 fully saturated rings. The molecule has 0 rings (SSSR count). The molecule has 0 heterocycles. The van der Waals surface area contributed by atoms with Crippen LogP contribution < -0.4 is 5.32 Å². The van der Waals surface area contributed by atoms with Gasteiger partial charge in [0.25, 0.3) is 5.91 Å². The molecule has 1 N–H and O–H groups in total. The average Bonchev–Trinajstić information content (AvgIpc) is 2.40. The molecule has 2 amide bonds. The normalized spacial score (nSPS) is 11.9. The number of rotatable bonds is 10. The van der Waals surface area contributed by atoms with Crippen molar-refractivity contribution in [3.8, 4) is 0 Å². The Bertz CT molecular complexity index is 594. The molecule has 0 atom stereocenters. The van der Waals surface area contributed by atoms with Crippen LogP contribution in [0.2, 0.25) is 0 Å². The summed E-state index contributed by atoms with van der Waals surface area (Å²) in [4.78, 5) is 25.6. The van der Waals surface area contributed by atoms with E-state index in [4.69, 9.17) is 0 Å². The van der Waals surface area contributed by atoms with Gasteiger partial charge in [-0.25, -0.2) is 12.7 Å². The van der Waals surface area contributed by atoms with Gasteiger partial charge in [0.2, 0.25) is 15.9 Å². The lowest BCUT2D eigenvalue weighted by Gasteiger charge is -2.30. The molecule has 0 aliphatic heterocycles. The van der Waals surface area contributed by atoms with Gasteiger partial charge in [0.15, 0.2) is 0 Å². The van der Waals surface area contributed by atoms with Crippen LogP contribution in [0.5, 0.6) is 0 Å². The highest BCUT2D eigenvalue weighted by Gasteiger charge is 2.34. The Balaban J connectivity index is 5.34. The maximum Gasteiger partial charge on any atom is 0.262 e. The van der Waals surface area contributed by atoms with Crippen LogP contribution >= 0.6 is 0 Å². The van der Waals surface area contributed by atoms with Gasteiger partial charge in [0, 0.05) is 12.1 Å². The highest BCUT2D eigenvalue weighted by atomic mass is 32.2. The Kier molecular flexibility index (Phi) is 8.36. The van der Waals surface area contributed by atoms with E-state index in [-0.39, 0.29) is 12.1 Å². The summed E-state index contributed by atoms with van der Waals surface area (Å²) >= 11 is 0. The first-order chi connectivity index (χ1) is 10.8. The third-order valence-electron chi connectivity index (χ3n) is 3.08. The van der Waals surface area contributed by atoms with Crippen molar-refractivity contribution in [1.82, 2.24) is 14.5 Å². The largest absolute Gasteiger partial charge is 0.347 e. The molecule has 8 heteroatoms. The van der Waals surface area contributed by atoms with E-state index in [0.717, 1.165) is 10.4 Å². The van der Waals surface area contributed by atoms with Crippen LogP contribution in [0.25, 0.3) is 0 Å². The highest BCUT2D eigenvalue weighted by Crippen LogP contribution is 2.15. The summed E-state index contributed by atoms with van der Waals surface area (Å²) < 4.78 is 26.3. The lowest BCUT2D eigenvalue weighted by molar-refractivity contribution is -0.122. The van der Waals surface area contributed by atoms with Crippen molar-refractivity contribution < 1.29 is 18.0 Å². The molecule has 0 aliphatic rings. The van der Waals surface area contributed by atoms with Crippen LogP contribution in [0.4, 0.5) is 0 Å². The smallest absolute Gasteiger partial charge is 0.262 e. The first kappa shape index (κ1) is 22.3. The molecule has 0 spiro atoms. The maximum atomic E-state index is 12.7. The van der Waals surface area contributed by atoms with E-state index in [1.54, 1.807) is 13.8 Å². The van der Waals surface area contributed by atoms with Gasteiger partial charge in [-0.3, -0.25) is 9.59 Å². The van der Waals surface area contributed by atoms with E-state index in [1.807, 2.05) is 19.0 Å². The minimum absolute atomic E-state index is 0.0672. The van der Waals surface area contributed by atoms with Crippen molar-refractivity contribution >= 4 is 21.8 Å². The minimum Gasteiger partial charge on any atom is -0.347 e. The molecule has 0 saturated carbocycles. The second-order valence-electron chi connectivity index (χ2n) is 6.65. The van der Waals surface area contributed by atoms with E-state index in [1.165, 1.54) is 6.92 Å². The number of sulfonamides is 1. The summed E-state index contributed by atoms with van der Waals surface area (Å²) in [5, 5.41) is 2.55. The van der Waals surface area contributed by atoms with Crippen molar-refractivity contribution in [3.05, 3.63) is 24.8 Å². The molecule has 0 bridgehead atoms. The number of hydrogen-bond acceptors (Lipinski definition) is 5. The quantitative estimate of drug-likeness (QED) is 0.582. The van der Waals surface area contributed by atoms with Crippen LogP contribution in [0, 0.1) is 0 Å².